The number of para-hydroxylation sites is 1. The highest BCUT2D eigenvalue weighted by molar-refractivity contribution is 8.01. The van der Waals surface area contributed by atoms with Crippen LogP contribution in [-0.4, -0.2) is 50.9 Å². The van der Waals surface area contributed by atoms with Crippen molar-refractivity contribution in [1.29, 1.82) is 0 Å². The van der Waals surface area contributed by atoms with E-state index in [4.69, 9.17) is 4.52 Å². The lowest BCUT2D eigenvalue weighted by molar-refractivity contribution is -0.127. The number of aromatic nitrogens is 2. The molecule has 0 unspecified atom stereocenters. The Morgan fingerprint density at radius 2 is 2.20 bits per heavy atom. The number of benzene rings is 1. The predicted octanol–water partition coefficient (Wildman–Crippen LogP) is 3.84. The summed E-state index contributed by atoms with van der Waals surface area (Å²) in [6.07, 6.45) is 4.99. The van der Waals surface area contributed by atoms with Gasteiger partial charge >= 0.3 is 0 Å². The van der Waals surface area contributed by atoms with Crippen LogP contribution >= 0.6 is 11.8 Å². The van der Waals surface area contributed by atoms with Gasteiger partial charge in [0, 0.05) is 41.8 Å². The highest BCUT2D eigenvalue weighted by Crippen LogP contribution is 2.29. The summed E-state index contributed by atoms with van der Waals surface area (Å²) in [5.41, 5.74) is 3.59. The van der Waals surface area contributed by atoms with E-state index in [9.17, 15) is 9.59 Å². The molecule has 4 rings (SSSR count). The lowest BCUT2D eigenvalue weighted by Crippen LogP contribution is -2.36. The second-order valence-electron chi connectivity index (χ2n) is 7.33. The fourth-order valence-electron chi connectivity index (χ4n) is 3.49. The van der Waals surface area contributed by atoms with E-state index in [0.717, 1.165) is 11.9 Å². The van der Waals surface area contributed by atoms with Gasteiger partial charge < -0.3 is 19.7 Å². The molecule has 0 radical (unpaired) electrons. The summed E-state index contributed by atoms with van der Waals surface area (Å²) < 4.78 is 4.94. The van der Waals surface area contributed by atoms with Gasteiger partial charge in [0.05, 0.1) is 11.0 Å². The third kappa shape index (κ3) is 4.43. The summed E-state index contributed by atoms with van der Waals surface area (Å²) in [6, 6.07) is 9.90. The van der Waals surface area contributed by atoms with Gasteiger partial charge in [-0.3, -0.25) is 9.59 Å². The maximum atomic E-state index is 12.6. The number of thioether (sulfide) groups is 1. The molecule has 156 valence electrons. The maximum Gasteiger partial charge on any atom is 0.238 e. The first kappa shape index (κ1) is 20.3. The number of rotatable bonds is 6. The molecule has 0 spiro atoms. The zero-order valence-electron chi connectivity index (χ0n) is 17.0. The smallest absolute Gasteiger partial charge is 0.238 e. The Bertz CT molecular complexity index is 1100. The first-order chi connectivity index (χ1) is 14.5. The summed E-state index contributed by atoms with van der Waals surface area (Å²) in [5, 5.41) is 7.30. The summed E-state index contributed by atoms with van der Waals surface area (Å²) in [5.74, 6) is 1.14. The zero-order valence-corrected chi connectivity index (χ0v) is 17.8. The molecule has 0 aliphatic carbocycles. The molecule has 0 fully saturated rings. The summed E-state index contributed by atoms with van der Waals surface area (Å²) in [4.78, 5) is 30.0. The third-order valence-corrected chi connectivity index (χ3v) is 6.33. The van der Waals surface area contributed by atoms with E-state index < -0.39 is 0 Å². The molecule has 1 aromatic carbocycles. The number of amides is 2. The Morgan fingerprint density at radius 1 is 1.37 bits per heavy atom. The van der Waals surface area contributed by atoms with Gasteiger partial charge in [-0.2, -0.15) is 0 Å². The van der Waals surface area contributed by atoms with Gasteiger partial charge in [-0.25, -0.2) is 0 Å². The Hall–Kier alpha value is -3.00. The van der Waals surface area contributed by atoms with Gasteiger partial charge in [-0.1, -0.05) is 29.4 Å². The average Bonchev–Trinajstić information content (AvgIpc) is 3.37. The van der Waals surface area contributed by atoms with Gasteiger partial charge in [0.15, 0.2) is 5.82 Å². The monoisotopic (exact) mass is 424 g/mol. The lowest BCUT2D eigenvalue weighted by atomic mass is 9.99. The number of carbonyl (C=O) groups is 2. The van der Waals surface area contributed by atoms with Gasteiger partial charge in [0.1, 0.15) is 5.76 Å². The summed E-state index contributed by atoms with van der Waals surface area (Å²) in [7, 11) is 0. The third-order valence-electron chi connectivity index (χ3n) is 5.20. The van der Waals surface area contributed by atoms with Gasteiger partial charge in [-0.15, -0.1) is 11.8 Å². The molecule has 2 aromatic heterocycles. The van der Waals surface area contributed by atoms with Crippen LogP contribution in [0.1, 0.15) is 24.7 Å². The van der Waals surface area contributed by atoms with Crippen LogP contribution in [0, 0.1) is 6.92 Å². The Kier molecular flexibility index (Phi) is 5.94. The molecule has 3 aromatic rings. The number of carbonyl (C=O) groups excluding carboxylic acids is 2. The van der Waals surface area contributed by atoms with Crippen LogP contribution in [0.25, 0.3) is 16.5 Å². The van der Waals surface area contributed by atoms with Crippen LogP contribution < -0.4 is 5.32 Å². The van der Waals surface area contributed by atoms with E-state index in [2.05, 4.69) is 33.7 Å². The van der Waals surface area contributed by atoms with Crippen molar-refractivity contribution in [3.63, 3.8) is 0 Å². The number of hydrogen-bond acceptors (Lipinski definition) is 5. The molecule has 0 bridgehead atoms. The largest absolute Gasteiger partial charge is 0.361 e. The first-order valence-corrected chi connectivity index (χ1v) is 10.9. The standard InChI is InChI=1S/C22H24N4O3S/c1-14-11-20(25-29-14)24-22(28)15(2)30-13-21(27)26-9-7-16(8-10-26)18-12-23-19-6-4-3-5-17(18)19/h3-7,11-12,15,23H,8-10,13H2,1-2H3,(H,24,25,28)/t15-/m1/s1. The highest BCUT2D eigenvalue weighted by Gasteiger charge is 2.22. The van der Waals surface area contributed by atoms with E-state index >= 15 is 0 Å². The minimum atomic E-state index is -0.368. The molecule has 30 heavy (non-hydrogen) atoms. The lowest BCUT2D eigenvalue weighted by Gasteiger charge is -2.27. The topological polar surface area (TPSA) is 91.2 Å². The van der Waals surface area contributed by atoms with Crippen molar-refractivity contribution >= 4 is 45.9 Å². The molecule has 3 heterocycles. The number of hydrogen-bond donors (Lipinski definition) is 2. The van der Waals surface area contributed by atoms with Crippen LogP contribution in [0.3, 0.4) is 0 Å². The van der Waals surface area contributed by atoms with E-state index in [1.54, 1.807) is 19.9 Å². The van der Waals surface area contributed by atoms with Gasteiger partial charge in [0.25, 0.3) is 0 Å². The Labute approximate surface area is 178 Å². The predicted molar refractivity (Wildman–Crippen MR) is 119 cm³/mol. The average molecular weight is 425 g/mol. The van der Waals surface area contributed by atoms with Crippen LogP contribution in [0.15, 0.2) is 47.1 Å². The SMILES string of the molecule is Cc1cc(NC(=O)[C@@H](C)SCC(=O)N2CC=C(c3c[nH]c4ccccc34)CC2)no1. The van der Waals surface area contributed by atoms with Gasteiger partial charge in [-0.05, 0) is 31.9 Å². The van der Waals surface area contributed by atoms with E-state index in [1.807, 2.05) is 23.2 Å². The molecule has 2 N–H and O–H groups in total. The fourth-order valence-corrected chi connectivity index (χ4v) is 4.28. The quantitative estimate of drug-likeness (QED) is 0.627. The van der Waals surface area contributed by atoms with Crippen molar-refractivity contribution in [2.45, 2.75) is 25.5 Å². The molecular weight excluding hydrogens is 400 g/mol. The molecule has 1 atom stereocenters. The van der Waals surface area contributed by atoms with Crippen molar-refractivity contribution in [1.82, 2.24) is 15.0 Å². The van der Waals surface area contributed by atoms with Crippen molar-refractivity contribution in [2.75, 3.05) is 24.2 Å². The van der Waals surface area contributed by atoms with Crippen molar-refractivity contribution in [2.24, 2.45) is 0 Å². The zero-order chi connectivity index (χ0) is 21.1. The number of nitrogens with one attached hydrogen (secondary N) is 2. The fraction of sp³-hybridized carbons (Fsp3) is 0.318. The molecule has 1 aliphatic heterocycles. The summed E-state index contributed by atoms with van der Waals surface area (Å²) in [6.45, 7) is 4.82. The number of fused-ring (bicyclic) bond motifs is 1. The first-order valence-electron chi connectivity index (χ1n) is 9.90. The normalized spacial score (nSPS) is 15.1. The van der Waals surface area contributed by atoms with Crippen LogP contribution in [-0.2, 0) is 9.59 Å². The van der Waals surface area contributed by atoms with Crippen LogP contribution in [0.2, 0.25) is 0 Å². The van der Waals surface area contributed by atoms with Crippen molar-refractivity contribution < 1.29 is 14.1 Å². The molecule has 0 saturated carbocycles. The Morgan fingerprint density at radius 3 is 2.93 bits per heavy atom. The Balaban J connectivity index is 1.29. The minimum Gasteiger partial charge on any atom is -0.361 e. The maximum absolute atomic E-state index is 12.6. The summed E-state index contributed by atoms with van der Waals surface area (Å²) >= 11 is 1.33. The number of H-pyrrole nitrogens is 1. The molecular formula is C22H24N4O3S. The molecule has 7 nitrogen and oxygen atoms in total. The molecule has 2 amide bonds. The second-order valence-corrected chi connectivity index (χ2v) is 8.66. The van der Waals surface area contributed by atoms with Gasteiger partial charge in [0.2, 0.25) is 11.8 Å². The van der Waals surface area contributed by atoms with Crippen molar-refractivity contribution in [3.8, 4) is 0 Å². The van der Waals surface area contributed by atoms with E-state index in [-0.39, 0.29) is 22.8 Å². The molecule has 0 saturated heterocycles. The van der Waals surface area contributed by atoms with Crippen molar-refractivity contribution in [3.05, 3.63) is 53.9 Å². The van der Waals surface area contributed by atoms with Crippen LogP contribution in [0.5, 0.6) is 0 Å². The second kappa shape index (κ2) is 8.79. The molecule has 8 heteroatoms. The van der Waals surface area contributed by atoms with Crippen LogP contribution in [0.4, 0.5) is 5.82 Å². The number of aryl methyl sites for hydroxylation is 1. The molecule has 1 aliphatic rings. The number of nitrogens with zero attached hydrogens (tertiary/aromatic N) is 2. The minimum absolute atomic E-state index is 0.0474. The number of aromatic amines is 1. The highest BCUT2D eigenvalue weighted by atomic mass is 32.2. The van der Waals surface area contributed by atoms with E-state index in [0.29, 0.717) is 24.7 Å². The number of anilines is 1. The van der Waals surface area contributed by atoms with E-state index in [1.165, 1.54) is 28.3 Å².